The van der Waals surface area contributed by atoms with Crippen molar-refractivity contribution >= 4 is 33.0 Å². The van der Waals surface area contributed by atoms with Crippen LogP contribution in [0.15, 0.2) is 64.9 Å². The van der Waals surface area contributed by atoms with E-state index in [1.54, 1.807) is 24.3 Å². The number of amides is 1. The van der Waals surface area contributed by atoms with Gasteiger partial charge < -0.3 is 14.8 Å². The van der Waals surface area contributed by atoms with Crippen LogP contribution in [0.25, 0.3) is 0 Å². The molecule has 0 unspecified atom stereocenters. The van der Waals surface area contributed by atoms with Crippen molar-refractivity contribution in [1.82, 2.24) is 5.32 Å². The number of hydrogen-bond acceptors (Lipinski definition) is 6. The van der Waals surface area contributed by atoms with Crippen molar-refractivity contribution in [2.45, 2.75) is 11.4 Å². The van der Waals surface area contributed by atoms with Gasteiger partial charge in [0, 0.05) is 16.5 Å². The van der Waals surface area contributed by atoms with Gasteiger partial charge in [-0.05, 0) is 41.8 Å². The third-order valence-electron chi connectivity index (χ3n) is 4.03. The van der Waals surface area contributed by atoms with Gasteiger partial charge >= 0.3 is 0 Å². The van der Waals surface area contributed by atoms with Crippen LogP contribution >= 0.6 is 11.3 Å². The number of sulfonamides is 1. The van der Waals surface area contributed by atoms with E-state index in [2.05, 4.69) is 10.0 Å². The average molecular weight is 416 g/mol. The minimum absolute atomic E-state index is 0.00561. The molecule has 1 aliphatic rings. The molecule has 0 saturated heterocycles. The van der Waals surface area contributed by atoms with Crippen molar-refractivity contribution in [2.24, 2.45) is 0 Å². The van der Waals surface area contributed by atoms with Crippen LogP contribution in [0.3, 0.4) is 0 Å². The number of fused-ring (bicyclic) bond motifs is 1. The van der Waals surface area contributed by atoms with Crippen LogP contribution in [0.1, 0.15) is 15.2 Å². The highest BCUT2D eigenvalue weighted by molar-refractivity contribution is 7.92. The number of nitrogens with one attached hydrogen (secondary N) is 2. The number of carbonyl (C=O) groups excluding carboxylic acids is 1. The van der Waals surface area contributed by atoms with Crippen LogP contribution in [-0.2, 0) is 16.6 Å². The molecule has 2 aromatic carbocycles. The maximum Gasteiger partial charge on any atom is 0.261 e. The predicted octanol–water partition coefficient (Wildman–Crippen LogP) is 3.21. The molecular weight excluding hydrogens is 400 g/mol. The van der Waals surface area contributed by atoms with E-state index in [4.69, 9.17) is 9.47 Å². The third kappa shape index (κ3) is 3.95. The molecule has 0 atom stereocenters. The predicted molar refractivity (Wildman–Crippen MR) is 105 cm³/mol. The highest BCUT2D eigenvalue weighted by Gasteiger charge is 2.19. The minimum Gasteiger partial charge on any atom is -0.454 e. The monoisotopic (exact) mass is 416 g/mol. The van der Waals surface area contributed by atoms with Crippen LogP contribution in [0.5, 0.6) is 11.5 Å². The Hall–Kier alpha value is -3.04. The summed E-state index contributed by atoms with van der Waals surface area (Å²) in [5.41, 5.74) is 0.613. The van der Waals surface area contributed by atoms with Gasteiger partial charge in [-0.3, -0.25) is 9.52 Å². The fraction of sp³-hybridized carbons (Fsp3) is 0.105. The molecule has 2 heterocycles. The lowest BCUT2D eigenvalue weighted by atomic mass is 10.2. The maximum atomic E-state index is 12.7. The molecule has 0 bridgehead atoms. The molecular formula is C19H16N2O5S2. The molecule has 0 saturated carbocycles. The first-order valence-electron chi connectivity index (χ1n) is 8.34. The van der Waals surface area contributed by atoms with Gasteiger partial charge in [0.05, 0.1) is 17.1 Å². The SMILES string of the molecule is O=C(NCc1cccs1)c1cccc(S(=O)(=O)Nc2ccc3c(c2)OCO3)c1. The van der Waals surface area contributed by atoms with Gasteiger partial charge in [0.2, 0.25) is 6.79 Å². The summed E-state index contributed by atoms with van der Waals surface area (Å²) >= 11 is 1.54. The van der Waals surface area contributed by atoms with Crippen LogP contribution in [0.4, 0.5) is 5.69 Å². The average Bonchev–Trinajstić information content (AvgIpc) is 3.37. The molecule has 7 nitrogen and oxygen atoms in total. The zero-order valence-electron chi connectivity index (χ0n) is 14.5. The number of ether oxygens (including phenoxy) is 2. The zero-order valence-corrected chi connectivity index (χ0v) is 16.2. The van der Waals surface area contributed by atoms with Gasteiger partial charge in [-0.2, -0.15) is 0 Å². The van der Waals surface area contributed by atoms with E-state index in [0.717, 1.165) is 4.88 Å². The summed E-state index contributed by atoms with van der Waals surface area (Å²) < 4.78 is 38.4. The molecule has 0 aliphatic carbocycles. The normalized spacial score (nSPS) is 12.6. The van der Waals surface area contributed by atoms with Gasteiger partial charge in [-0.15, -0.1) is 11.3 Å². The largest absolute Gasteiger partial charge is 0.454 e. The Morgan fingerprint density at radius 2 is 1.89 bits per heavy atom. The molecule has 0 fully saturated rings. The first kappa shape index (κ1) is 18.3. The van der Waals surface area contributed by atoms with E-state index in [1.807, 2.05) is 17.5 Å². The molecule has 3 aromatic rings. The lowest BCUT2D eigenvalue weighted by Crippen LogP contribution is -2.23. The fourth-order valence-corrected chi connectivity index (χ4v) is 4.40. The van der Waals surface area contributed by atoms with Crippen molar-refractivity contribution in [3.05, 3.63) is 70.4 Å². The Labute approximate surface area is 166 Å². The van der Waals surface area contributed by atoms with Crippen molar-refractivity contribution in [1.29, 1.82) is 0 Å². The summed E-state index contributed by atoms with van der Waals surface area (Å²) in [5.74, 6) is 0.697. The number of anilines is 1. The first-order chi connectivity index (χ1) is 13.5. The molecule has 1 aliphatic heterocycles. The van der Waals surface area contributed by atoms with Crippen LogP contribution in [0, 0.1) is 0 Å². The van der Waals surface area contributed by atoms with E-state index in [0.29, 0.717) is 23.7 Å². The van der Waals surface area contributed by atoms with E-state index in [9.17, 15) is 13.2 Å². The summed E-state index contributed by atoms with van der Waals surface area (Å²) in [7, 11) is -3.87. The first-order valence-corrected chi connectivity index (χ1v) is 10.7. The quantitative estimate of drug-likeness (QED) is 0.644. The van der Waals surface area contributed by atoms with Crippen LogP contribution in [-0.4, -0.2) is 21.1 Å². The maximum absolute atomic E-state index is 12.7. The Morgan fingerprint density at radius 1 is 1.04 bits per heavy atom. The minimum atomic E-state index is -3.87. The summed E-state index contributed by atoms with van der Waals surface area (Å²) in [6.07, 6.45) is 0. The molecule has 28 heavy (non-hydrogen) atoms. The Kier molecular flexibility index (Phi) is 4.93. The van der Waals surface area contributed by atoms with Gasteiger partial charge in [-0.25, -0.2) is 8.42 Å². The zero-order chi connectivity index (χ0) is 19.6. The second kappa shape index (κ2) is 7.53. The highest BCUT2D eigenvalue weighted by atomic mass is 32.2. The van der Waals surface area contributed by atoms with Gasteiger partial charge in [0.25, 0.3) is 15.9 Å². The van der Waals surface area contributed by atoms with Crippen molar-refractivity contribution in [2.75, 3.05) is 11.5 Å². The lowest BCUT2D eigenvalue weighted by Gasteiger charge is -2.10. The molecule has 1 amide bonds. The standard InChI is InChI=1S/C19H16N2O5S2/c22-19(20-11-15-4-2-8-27-15)13-3-1-5-16(9-13)28(23,24)21-14-6-7-17-18(10-14)26-12-25-17/h1-10,21H,11-12H2,(H,20,22). The number of hydrogen-bond donors (Lipinski definition) is 2. The van der Waals surface area contributed by atoms with E-state index in [-0.39, 0.29) is 23.2 Å². The molecule has 0 radical (unpaired) electrons. The fourth-order valence-electron chi connectivity index (χ4n) is 2.66. The van der Waals surface area contributed by atoms with Crippen LogP contribution in [0.2, 0.25) is 0 Å². The molecule has 4 rings (SSSR count). The lowest BCUT2D eigenvalue weighted by molar-refractivity contribution is 0.0951. The van der Waals surface area contributed by atoms with Crippen molar-refractivity contribution < 1.29 is 22.7 Å². The Balaban J connectivity index is 1.50. The molecule has 2 N–H and O–H groups in total. The van der Waals surface area contributed by atoms with Crippen molar-refractivity contribution in [3.63, 3.8) is 0 Å². The number of carbonyl (C=O) groups is 1. The summed E-state index contributed by atoms with van der Waals surface area (Å²) in [6, 6.07) is 14.5. The van der Waals surface area contributed by atoms with Crippen LogP contribution < -0.4 is 19.5 Å². The van der Waals surface area contributed by atoms with Gasteiger partial charge in [0.15, 0.2) is 11.5 Å². The van der Waals surface area contributed by atoms with E-state index in [1.165, 1.54) is 29.5 Å². The second-order valence-electron chi connectivity index (χ2n) is 5.96. The molecule has 0 spiro atoms. The Morgan fingerprint density at radius 3 is 2.71 bits per heavy atom. The van der Waals surface area contributed by atoms with Gasteiger partial charge in [0.1, 0.15) is 0 Å². The topological polar surface area (TPSA) is 93.7 Å². The third-order valence-corrected chi connectivity index (χ3v) is 6.29. The van der Waals surface area contributed by atoms with Crippen molar-refractivity contribution in [3.8, 4) is 11.5 Å². The Bertz CT molecular complexity index is 1110. The molecule has 9 heteroatoms. The van der Waals surface area contributed by atoms with E-state index < -0.39 is 10.0 Å². The summed E-state index contributed by atoms with van der Waals surface area (Å²) in [6.45, 7) is 0.497. The molecule has 144 valence electrons. The second-order valence-corrected chi connectivity index (χ2v) is 8.68. The van der Waals surface area contributed by atoms with Gasteiger partial charge in [-0.1, -0.05) is 12.1 Å². The van der Waals surface area contributed by atoms with E-state index >= 15 is 0 Å². The smallest absolute Gasteiger partial charge is 0.261 e. The number of rotatable bonds is 6. The number of thiophene rings is 1. The molecule has 1 aromatic heterocycles. The number of benzene rings is 2. The highest BCUT2D eigenvalue weighted by Crippen LogP contribution is 2.34. The summed E-state index contributed by atoms with van der Waals surface area (Å²) in [4.78, 5) is 13.4. The summed E-state index contributed by atoms with van der Waals surface area (Å²) in [5, 5.41) is 4.71.